The number of carbonyl (C=O) groups excluding carboxylic acids is 2. The molecule has 0 amide bonds. The minimum absolute atomic E-state index is 0.0106. The van der Waals surface area contributed by atoms with Gasteiger partial charge in [0.15, 0.2) is 0 Å². The van der Waals surface area contributed by atoms with Crippen LogP contribution in [-0.4, -0.2) is 72.2 Å². The Balaban J connectivity index is 1.26. The summed E-state index contributed by atoms with van der Waals surface area (Å²) in [6.07, 6.45) is 17.6. The second-order valence-electron chi connectivity index (χ2n) is 15.5. The lowest BCUT2D eigenvalue weighted by Gasteiger charge is -2.62. The second-order valence-corrected chi connectivity index (χ2v) is 15.5. The molecule has 1 unspecified atom stereocenters. The van der Waals surface area contributed by atoms with Gasteiger partial charge in [-0.3, -0.25) is 19.4 Å². The molecule has 0 radical (unpaired) electrons. The molecule has 0 spiro atoms. The first-order valence-corrected chi connectivity index (χ1v) is 17.6. The first-order valence-electron chi connectivity index (χ1n) is 17.6. The number of fused-ring (bicyclic) bond motifs is 5. The zero-order chi connectivity index (χ0) is 28.8. The molecule has 4 saturated carbocycles. The van der Waals surface area contributed by atoms with Crippen molar-refractivity contribution in [3.05, 3.63) is 0 Å². The Morgan fingerprint density at radius 2 is 1.44 bits per heavy atom. The summed E-state index contributed by atoms with van der Waals surface area (Å²) >= 11 is 0. The minimum Gasteiger partial charge on any atom is -0.461 e. The third kappa shape index (κ3) is 5.51. The third-order valence-electron chi connectivity index (χ3n) is 13.3. The molecule has 41 heavy (non-hydrogen) atoms. The third-order valence-corrected chi connectivity index (χ3v) is 13.3. The SMILES string of the molecule is CCCC(=O)O[C@H]1C[C@@H]2CC[C@@H]3[C@H](CC[C@]4(C)[C@@H](OC(C)=O)C(N5CCCCC5)C[C@@H]34)[C@@]2(C)C[C@@H]1N1CCCCC1. The fourth-order valence-corrected chi connectivity index (χ4v) is 11.4. The van der Waals surface area contributed by atoms with E-state index in [1.54, 1.807) is 6.92 Å². The highest BCUT2D eigenvalue weighted by Gasteiger charge is 2.65. The van der Waals surface area contributed by atoms with Crippen molar-refractivity contribution in [3.63, 3.8) is 0 Å². The zero-order valence-corrected chi connectivity index (χ0v) is 26.6. The van der Waals surface area contributed by atoms with E-state index in [2.05, 4.69) is 30.6 Å². The van der Waals surface area contributed by atoms with Crippen LogP contribution in [0.4, 0.5) is 0 Å². The highest BCUT2D eigenvalue weighted by Crippen LogP contribution is 2.67. The van der Waals surface area contributed by atoms with Crippen molar-refractivity contribution in [1.82, 2.24) is 9.80 Å². The molecule has 4 aliphatic carbocycles. The van der Waals surface area contributed by atoms with E-state index in [0.29, 0.717) is 41.7 Å². The summed E-state index contributed by atoms with van der Waals surface area (Å²) in [6.45, 7) is 13.5. The second kappa shape index (κ2) is 12.1. The van der Waals surface area contributed by atoms with Crippen molar-refractivity contribution in [2.45, 2.75) is 148 Å². The maximum absolute atomic E-state index is 12.8. The largest absolute Gasteiger partial charge is 0.461 e. The summed E-state index contributed by atoms with van der Waals surface area (Å²) in [4.78, 5) is 30.6. The summed E-state index contributed by atoms with van der Waals surface area (Å²) in [5, 5.41) is 0. The number of piperidine rings is 2. The first-order chi connectivity index (χ1) is 19.7. The number of hydrogen-bond acceptors (Lipinski definition) is 6. The standard InChI is InChI=1S/C35H58N2O4/c1-5-12-32(39)41-31-21-25-13-14-26-27(35(25,4)23-30(31)37-19-10-7-11-20-37)15-16-34(3)28(26)22-29(33(34)40-24(2)38)36-17-8-6-9-18-36/h25-31,33H,5-23H2,1-4H3/t25-,26+,27-,28-,29?,30-,31-,33-,34-,35-/m0/s1. The molecular weight excluding hydrogens is 512 g/mol. The van der Waals surface area contributed by atoms with E-state index in [1.165, 1.54) is 77.0 Å². The summed E-state index contributed by atoms with van der Waals surface area (Å²) in [5.74, 6) is 2.61. The van der Waals surface area contributed by atoms with E-state index in [4.69, 9.17) is 9.47 Å². The molecule has 6 heteroatoms. The van der Waals surface area contributed by atoms with Crippen LogP contribution in [0.1, 0.15) is 124 Å². The van der Waals surface area contributed by atoms with Crippen molar-refractivity contribution < 1.29 is 19.1 Å². The molecule has 6 nitrogen and oxygen atoms in total. The normalized spacial score (nSPS) is 45.3. The van der Waals surface area contributed by atoms with Crippen LogP contribution in [0, 0.1) is 34.5 Å². The lowest BCUT2D eigenvalue weighted by Crippen LogP contribution is -2.61. The van der Waals surface area contributed by atoms with Crippen molar-refractivity contribution in [3.8, 4) is 0 Å². The molecule has 2 saturated heterocycles. The van der Waals surface area contributed by atoms with Crippen molar-refractivity contribution in [1.29, 1.82) is 0 Å². The molecule has 2 aliphatic heterocycles. The van der Waals surface area contributed by atoms with Gasteiger partial charge in [0.25, 0.3) is 0 Å². The van der Waals surface area contributed by atoms with E-state index in [9.17, 15) is 9.59 Å². The summed E-state index contributed by atoms with van der Waals surface area (Å²) in [7, 11) is 0. The van der Waals surface area contributed by atoms with Gasteiger partial charge in [-0.15, -0.1) is 0 Å². The summed E-state index contributed by atoms with van der Waals surface area (Å²) in [6, 6.07) is 0.746. The van der Waals surface area contributed by atoms with Gasteiger partial charge in [0, 0.05) is 30.8 Å². The van der Waals surface area contributed by atoms with E-state index in [0.717, 1.165) is 44.9 Å². The molecule has 6 fully saturated rings. The Labute approximate surface area is 249 Å². The van der Waals surface area contributed by atoms with Crippen molar-refractivity contribution in [2.75, 3.05) is 26.2 Å². The van der Waals surface area contributed by atoms with E-state index < -0.39 is 0 Å². The van der Waals surface area contributed by atoms with Crippen LogP contribution in [0.25, 0.3) is 0 Å². The highest BCUT2D eigenvalue weighted by molar-refractivity contribution is 5.69. The molecule has 10 atom stereocenters. The fraction of sp³-hybridized carbons (Fsp3) is 0.943. The van der Waals surface area contributed by atoms with Gasteiger partial charge in [0.2, 0.25) is 0 Å². The van der Waals surface area contributed by atoms with Gasteiger partial charge in [-0.2, -0.15) is 0 Å². The molecule has 0 N–H and O–H groups in total. The quantitative estimate of drug-likeness (QED) is 0.335. The molecule has 0 aromatic heterocycles. The van der Waals surface area contributed by atoms with Crippen LogP contribution in [0.2, 0.25) is 0 Å². The number of carbonyl (C=O) groups is 2. The number of likely N-dealkylation sites (tertiary alicyclic amines) is 2. The maximum atomic E-state index is 12.8. The number of esters is 2. The van der Waals surface area contributed by atoms with E-state index in [-0.39, 0.29) is 29.6 Å². The molecule has 6 rings (SSSR count). The minimum atomic E-state index is -0.100. The van der Waals surface area contributed by atoms with E-state index >= 15 is 0 Å². The Kier molecular flexibility index (Phi) is 8.82. The monoisotopic (exact) mass is 570 g/mol. The van der Waals surface area contributed by atoms with Gasteiger partial charge in [-0.1, -0.05) is 33.6 Å². The van der Waals surface area contributed by atoms with Gasteiger partial charge in [-0.05, 0) is 132 Å². The molecule has 0 bridgehead atoms. The van der Waals surface area contributed by atoms with Gasteiger partial charge < -0.3 is 9.47 Å². The van der Waals surface area contributed by atoms with Crippen LogP contribution < -0.4 is 0 Å². The Morgan fingerprint density at radius 1 is 0.780 bits per heavy atom. The number of hydrogen-bond donors (Lipinski definition) is 0. The molecule has 232 valence electrons. The lowest BCUT2D eigenvalue weighted by atomic mass is 9.44. The summed E-state index contributed by atoms with van der Waals surface area (Å²) in [5.41, 5.74) is 0.372. The van der Waals surface area contributed by atoms with Gasteiger partial charge in [0.1, 0.15) is 12.2 Å². The molecule has 0 aromatic carbocycles. The zero-order valence-electron chi connectivity index (χ0n) is 26.6. The lowest BCUT2D eigenvalue weighted by molar-refractivity contribution is -0.181. The average Bonchev–Trinajstić information content (AvgIpc) is 3.25. The number of ether oxygens (including phenoxy) is 2. The van der Waals surface area contributed by atoms with Crippen LogP contribution in [-0.2, 0) is 19.1 Å². The Morgan fingerprint density at radius 3 is 2.07 bits per heavy atom. The molecule has 0 aromatic rings. The average molecular weight is 571 g/mol. The van der Waals surface area contributed by atoms with Crippen LogP contribution >= 0.6 is 0 Å². The summed E-state index contributed by atoms with van der Waals surface area (Å²) < 4.78 is 12.6. The molecule has 2 heterocycles. The van der Waals surface area contributed by atoms with Crippen LogP contribution in [0.15, 0.2) is 0 Å². The topological polar surface area (TPSA) is 59.1 Å². The maximum Gasteiger partial charge on any atom is 0.306 e. The van der Waals surface area contributed by atoms with Gasteiger partial charge in [-0.25, -0.2) is 0 Å². The van der Waals surface area contributed by atoms with E-state index in [1.807, 2.05) is 0 Å². The number of nitrogens with zero attached hydrogens (tertiary/aromatic N) is 2. The van der Waals surface area contributed by atoms with Gasteiger partial charge in [0.05, 0.1) is 0 Å². The van der Waals surface area contributed by atoms with Crippen LogP contribution in [0.3, 0.4) is 0 Å². The smallest absolute Gasteiger partial charge is 0.306 e. The van der Waals surface area contributed by atoms with Gasteiger partial charge >= 0.3 is 11.9 Å². The molecular formula is C35H58N2O4. The first kappa shape index (κ1) is 29.9. The Bertz CT molecular complexity index is 944. The fourth-order valence-electron chi connectivity index (χ4n) is 11.4. The number of rotatable bonds is 6. The van der Waals surface area contributed by atoms with Crippen molar-refractivity contribution >= 4 is 11.9 Å². The van der Waals surface area contributed by atoms with Crippen molar-refractivity contribution in [2.24, 2.45) is 34.5 Å². The molecule has 6 aliphatic rings. The predicted molar refractivity (Wildman–Crippen MR) is 161 cm³/mol. The predicted octanol–water partition coefficient (Wildman–Crippen LogP) is 6.60. The highest BCUT2D eigenvalue weighted by atomic mass is 16.5. The Hall–Kier alpha value is -1.14. The van der Waals surface area contributed by atoms with Crippen LogP contribution in [0.5, 0.6) is 0 Å².